The van der Waals surface area contributed by atoms with Crippen molar-refractivity contribution in [1.82, 2.24) is 9.55 Å². The molecule has 5 heteroatoms. The molecular formula is C8H11N2O3. The molecule has 0 N–H and O–H groups in total. The van der Waals surface area contributed by atoms with E-state index in [4.69, 9.17) is 4.74 Å². The number of unbranched alkanes of at least 4 members (excludes halogenated alkanes) is 1. The first-order valence-corrected chi connectivity index (χ1v) is 4.13. The van der Waals surface area contributed by atoms with Gasteiger partial charge >= 0.3 is 12.1 Å². The molecule has 0 saturated heterocycles. The molecular weight excluding hydrogens is 172 g/mol. The van der Waals surface area contributed by atoms with Crippen LogP contribution in [0.25, 0.3) is 0 Å². The minimum Gasteiger partial charge on any atom is -0.449 e. The maximum absolute atomic E-state index is 11.1. The SMILES string of the molecule is CCCCOC(=O)n1ccnc1[O]. The second-order valence-electron chi connectivity index (χ2n) is 2.55. The van der Waals surface area contributed by atoms with Crippen molar-refractivity contribution in [2.75, 3.05) is 6.61 Å². The van der Waals surface area contributed by atoms with Gasteiger partial charge in [-0.3, -0.25) is 0 Å². The van der Waals surface area contributed by atoms with Gasteiger partial charge in [0, 0.05) is 12.4 Å². The van der Waals surface area contributed by atoms with Crippen LogP contribution in [0, 0.1) is 0 Å². The van der Waals surface area contributed by atoms with Crippen molar-refractivity contribution in [2.45, 2.75) is 19.8 Å². The zero-order valence-corrected chi connectivity index (χ0v) is 7.40. The topological polar surface area (TPSA) is 64.0 Å². The van der Waals surface area contributed by atoms with Crippen molar-refractivity contribution < 1.29 is 14.6 Å². The highest BCUT2D eigenvalue weighted by atomic mass is 16.6. The van der Waals surface area contributed by atoms with Crippen molar-refractivity contribution in [3.63, 3.8) is 0 Å². The summed E-state index contributed by atoms with van der Waals surface area (Å²) in [4.78, 5) is 14.5. The van der Waals surface area contributed by atoms with Crippen LogP contribution in [0.1, 0.15) is 19.8 Å². The van der Waals surface area contributed by atoms with Crippen molar-refractivity contribution in [2.24, 2.45) is 0 Å². The zero-order valence-electron chi connectivity index (χ0n) is 7.40. The van der Waals surface area contributed by atoms with Crippen LogP contribution in [0.3, 0.4) is 0 Å². The molecule has 1 radical (unpaired) electrons. The number of hydrogen-bond donors (Lipinski definition) is 0. The Kier molecular flexibility index (Phi) is 3.31. The maximum atomic E-state index is 11.1. The van der Waals surface area contributed by atoms with E-state index in [0.717, 1.165) is 17.4 Å². The molecule has 0 aliphatic rings. The number of carbonyl (C=O) groups is 1. The van der Waals surface area contributed by atoms with E-state index in [0.29, 0.717) is 6.61 Å². The second-order valence-corrected chi connectivity index (χ2v) is 2.55. The lowest BCUT2D eigenvalue weighted by Gasteiger charge is -2.02. The lowest BCUT2D eigenvalue weighted by atomic mass is 10.4. The third-order valence-corrected chi connectivity index (χ3v) is 1.53. The first kappa shape index (κ1) is 9.57. The maximum Gasteiger partial charge on any atom is 0.422 e. The van der Waals surface area contributed by atoms with Gasteiger partial charge in [-0.25, -0.2) is 14.5 Å². The Balaban J connectivity index is 2.45. The third kappa shape index (κ3) is 2.47. The highest BCUT2D eigenvalue weighted by molar-refractivity contribution is 5.71. The van der Waals surface area contributed by atoms with E-state index in [2.05, 4.69) is 4.98 Å². The smallest absolute Gasteiger partial charge is 0.422 e. The normalized spacial score (nSPS) is 9.92. The van der Waals surface area contributed by atoms with Gasteiger partial charge in [-0.15, -0.1) is 0 Å². The van der Waals surface area contributed by atoms with Crippen molar-refractivity contribution in [3.8, 4) is 6.01 Å². The van der Waals surface area contributed by atoms with Crippen LogP contribution < -0.4 is 0 Å². The van der Waals surface area contributed by atoms with Crippen LogP contribution in [-0.2, 0) is 9.84 Å². The van der Waals surface area contributed by atoms with E-state index in [-0.39, 0.29) is 0 Å². The van der Waals surface area contributed by atoms with Crippen LogP contribution in [0.2, 0.25) is 0 Å². The Morgan fingerprint density at radius 1 is 1.69 bits per heavy atom. The molecule has 0 saturated carbocycles. The summed E-state index contributed by atoms with van der Waals surface area (Å²) in [6.45, 7) is 2.33. The average molecular weight is 183 g/mol. The predicted octanol–water partition coefficient (Wildman–Crippen LogP) is 1.81. The van der Waals surface area contributed by atoms with E-state index in [1.54, 1.807) is 0 Å². The molecule has 0 aromatic carbocycles. The molecule has 5 nitrogen and oxygen atoms in total. The summed E-state index contributed by atoms with van der Waals surface area (Å²) in [6, 6.07) is -0.596. The van der Waals surface area contributed by atoms with Crippen molar-refractivity contribution in [3.05, 3.63) is 12.4 Å². The Morgan fingerprint density at radius 3 is 3.00 bits per heavy atom. The molecule has 0 aliphatic heterocycles. The quantitative estimate of drug-likeness (QED) is 0.671. The number of hydrogen-bond acceptors (Lipinski definition) is 3. The van der Waals surface area contributed by atoms with Gasteiger partial charge in [-0.1, -0.05) is 13.3 Å². The summed E-state index contributed by atoms with van der Waals surface area (Å²) in [5.41, 5.74) is 0. The molecule has 0 bridgehead atoms. The summed E-state index contributed by atoms with van der Waals surface area (Å²) in [6.07, 6.45) is 3.65. The largest absolute Gasteiger partial charge is 0.449 e. The summed E-state index contributed by atoms with van der Waals surface area (Å²) in [7, 11) is 0. The second kappa shape index (κ2) is 4.49. The Bertz CT molecular complexity index is 283. The number of carbonyl (C=O) groups excluding carboxylic acids is 1. The minimum absolute atomic E-state index is 0.340. The van der Waals surface area contributed by atoms with Gasteiger partial charge in [0.15, 0.2) is 0 Å². The monoisotopic (exact) mass is 183 g/mol. The van der Waals surface area contributed by atoms with Crippen molar-refractivity contribution in [1.29, 1.82) is 0 Å². The van der Waals surface area contributed by atoms with E-state index < -0.39 is 12.1 Å². The van der Waals surface area contributed by atoms with E-state index in [1.165, 1.54) is 12.4 Å². The molecule has 0 aliphatic carbocycles. The van der Waals surface area contributed by atoms with Crippen LogP contribution in [0.15, 0.2) is 12.4 Å². The summed E-state index contributed by atoms with van der Waals surface area (Å²) in [5, 5.41) is 10.8. The molecule has 1 rings (SSSR count). The van der Waals surface area contributed by atoms with Crippen molar-refractivity contribution >= 4 is 6.09 Å². The zero-order chi connectivity index (χ0) is 9.68. The molecule has 0 amide bonds. The van der Waals surface area contributed by atoms with E-state index in [1.807, 2.05) is 6.92 Å². The number of ether oxygens (including phenoxy) is 1. The lowest BCUT2D eigenvalue weighted by molar-refractivity contribution is 0.141. The average Bonchev–Trinajstić information content (AvgIpc) is 2.52. The number of nitrogens with zero attached hydrogens (tertiary/aromatic N) is 2. The molecule has 1 aromatic rings. The summed E-state index contributed by atoms with van der Waals surface area (Å²) >= 11 is 0. The van der Waals surface area contributed by atoms with Crippen LogP contribution >= 0.6 is 0 Å². The van der Waals surface area contributed by atoms with Crippen LogP contribution in [0.5, 0.6) is 6.01 Å². The van der Waals surface area contributed by atoms with E-state index >= 15 is 0 Å². The highest BCUT2D eigenvalue weighted by Crippen LogP contribution is 2.06. The summed E-state index contributed by atoms with van der Waals surface area (Å²) in [5.74, 6) is 0. The van der Waals surface area contributed by atoms with Gasteiger partial charge < -0.3 is 4.74 Å². The van der Waals surface area contributed by atoms with Gasteiger partial charge in [0.05, 0.1) is 6.61 Å². The highest BCUT2D eigenvalue weighted by Gasteiger charge is 2.11. The lowest BCUT2D eigenvalue weighted by Crippen LogP contribution is -2.12. The molecule has 0 spiro atoms. The van der Waals surface area contributed by atoms with Gasteiger partial charge in [0.1, 0.15) is 0 Å². The molecule has 0 fully saturated rings. The van der Waals surface area contributed by atoms with Crippen LogP contribution in [-0.4, -0.2) is 22.3 Å². The van der Waals surface area contributed by atoms with Gasteiger partial charge in [-0.05, 0) is 6.42 Å². The number of aromatic nitrogens is 2. The number of rotatable bonds is 3. The van der Waals surface area contributed by atoms with Gasteiger partial charge in [0.25, 0.3) is 0 Å². The fraction of sp³-hybridized carbons (Fsp3) is 0.500. The molecule has 71 valence electrons. The minimum atomic E-state index is -0.657. The standard InChI is InChI=1S/C8H11N2O3/c1-2-3-6-13-8(12)10-5-4-9-7(10)11/h4-5H,2-3,6H2,1H3. The Labute approximate surface area is 76.0 Å². The predicted molar refractivity (Wildman–Crippen MR) is 44.0 cm³/mol. The first-order chi connectivity index (χ1) is 6.25. The van der Waals surface area contributed by atoms with Gasteiger partial charge in [0.2, 0.25) is 0 Å². The number of imidazole rings is 1. The Morgan fingerprint density at radius 2 is 2.46 bits per heavy atom. The van der Waals surface area contributed by atoms with E-state index in [9.17, 15) is 9.90 Å². The molecule has 1 heterocycles. The fourth-order valence-electron chi connectivity index (χ4n) is 0.802. The molecule has 0 atom stereocenters. The Hall–Kier alpha value is -1.52. The summed E-state index contributed by atoms with van der Waals surface area (Å²) < 4.78 is 5.63. The first-order valence-electron chi connectivity index (χ1n) is 4.13. The molecule has 1 aromatic heterocycles. The fourth-order valence-corrected chi connectivity index (χ4v) is 0.802. The van der Waals surface area contributed by atoms with Crippen LogP contribution in [0.4, 0.5) is 4.79 Å². The third-order valence-electron chi connectivity index (χ3n) is 1.53. The van der Waals surface area contributed by atoms with Gasteiger partial charge in [-0.2, -0.15) is 4.98 Å². The molecule has 0 unspecified atom stereocenters. The molecule has 13 heavy (non-hydrogen) atoms.